The average molecular weight is 268 g/mol. The number of nitrogens with zero attached hydrogens (tertiary/aromatic N) is 2. The summed E-state index contributed by atoms with van der Waals surface area (Å²) in [6.07, 6.45) is 3.26. The number of rotatable bonds is 5. The van der Waals surface area contributed by atoms with Gasteiger partial charge in [0, 0.05) is 13.3 Å². The van der Waals surface area contributed by atoms with E-state index in [1.54, 1.807) is 4.68 Å². The lowest BCUT2D eigenvalue weighted by atomic mass is 10.1. The molecule has 0 atom stereocenters. The summed E-state index contributed by atoms with van der Waals surface area (Å²) in [5.41, 5.74) is 2.33. The Bertz CT molecular complexity index is 519. The van der Waals surface area contributed by atoms with Crippen LogP contribution in [0.2, 0.25) is 0 Å². The lowest BCUT2D eigenvalue weighted by Crippen LogP contribution is -2.41. The molecule has 1 aromatic carbocycles. The van der Waals surface area contributed by atoms with Gasteiger partial charge in [-0.15, -0.1) is 12.4 Å². The van der Waals surface area contributed by atoms with Gasteiger partial charge >= 0.3 is 0 Å². The molecule has 0 bridgehead atoms. The maximum Gasteiger partial charge on any atom is 0.267 e. The molecular formula is C13H18ClN3O. The minimum absolute atomic E-state index is 0. The SMILES string of the molecule is Cc1c(=N)o[n-][n+]1CCCCc1ccccc1.Cl. The van der Waals surface area contributed by atoms with Gasteiger partial charge in [-0.3, -0.25) is 10.7 Å². The van der Waals surface area contributed by atoms with Crippen LogP contribution >= 0.6 is 12.4 Å². The number of nitrogens with one attached hydrogen (secondary N) is 1. The molecule has 4 nitrogen and oxygen atoms in total. The highest BCUT2D eigenvalue weighted by Crippen LogP contribution is 2.04. The van der Waals surface area contributed by atoms with Gasteiger partial charge in [-0.2, -0.15) is 0 Å². The first-order valence-electron chi connectivity index (χ1n) is 5.89. The fraction of sp³-hybridized carbons (Fsp3) is 0.385. The number of hydrogen-bond acceptors (Lipinski definition) is 2. The van der Waals surface area contributed by atoms with Crippen LogP contribution < -0.4 is 15.5 Å². The Morgan fingerprint density at radius 2 is 1.94 bits per heavy atom. The Morgan fingerprint density at radius 3 is 2.56 bits per heavy atom. The second kappa shape index (κ2) is 7.01. The van der Waals surface area contributed by atoms with Crippen molar-refractivity contribution < 1.29 is 9.20 Å². The third-order valence-corrected chi connectivity index (χ3v) is 2.87. The van der Waals surface area contributed by atoms with Crippen LogP contribution in [0, 0.1) is 12.3 Å². The predicted molar refractivity (Wildman–Crippen MR) is 69.4 cm³/mol. The summed E-state index contributed by atoms with van der Waals surface area (Å²) in [6.45, 7) is 2.68. The van der Waals surface area contributed by atoms with Gasteiger partial charge in [-0.05, 0) is 18.4 Å². The lowest BCUT2D eigenvalue weighted by molar-refractivity contribution is -0.772. The maximum atomic E-state index is 7.41. The van der Waals surface area contributed by atoms with Crippen molar-refractivity contribution in [3.8, 4) is 0 Å². The van der Waals surface area contributed by atoms with Crippen LogP contribution in [-0.4, -0.2) is 0 Å². The lowest BCUT2D eigenvalue weighted by Gasteiger charge is -2.01. The molecule has 0 aliphatic carbocycles. The Hall–Kier alpha value is -1.55. The van der Waals surface area contributed by atoms with Gasteiger partial charge in [0.05, 0.1) is 0 Å². The minimum Gasteiger partial charge on any atom is -0.487 e. The molecule has 0 saturated carbocycles. The van der Waals surface area contributed by atoms with E-state index in [1.807, 2.05) is 13.0 Å². The van der Waals surface area contributed by atoms with Crippen molar-refractivity contribution >= 4 is 12.4 Å². The maximum absolute atomic E-state index is 7.41. The summed E-state index contributed by atoms with van der Waals surface area (Å²) in [5.74, 6) is 0. The second-order valence-electron chi connectivity index (χ2n) is 4.15. The van der Waals surface area contributed by atoms with Gasteiger partial charge in [0.2, 0.25) is 5.69 Å². The highest BCUT2D eigenvalue weighted by atomic mass is 35.5. The number of unbranched alkanes of at least 4 members (excludes halogenated alkanes) is 1. The summed E-state index contributed by atoms with van der Waals surface area (Å²) in [5, 5.41) is 11.2. The van der Waals surface area contributed by atoms with Gasteiger partial charge in [-0.25, -0.2) is 4.68 Å². The van der Waals surface area contributed by atoms with Crippen molar-refractivity contribution in [2.24, 2.45) is 0 Å². The van der Waals surface area contributed by atoms with Gasteiger partial charge < -0.3 is 4.52 Å². The first kappa shape index (κ1) is 14.5. The number of aromatic nitrogens is 2. The van der Waals surface area contributed by atoms with Crippen molar-refractivity contribution in [2.45, 2.75) is 32.7 Å². The van der Waals surface area contributed by atoms with Crippen molar-refractivity contribution in [3.05, 3.63) is 47.1 Å². The number of halogens is 1. The van der Waals surface area contributed by atoms with E-state index >= 15 is 0 Å². The Balaban J connectivity index is 0.00000162. The fourth-order valence-electron chi connectivity index (χ4n) is 1.78. The smallest absolute Gasteiger partial charge is 0.267 e. The second-order valence-corrected chi connectivity index (χ2v) is 4.15. The van der Waals surface area contributed by atoms with Crippen LogP contribution in [0.4, 0.5) is 0 Å². The van der Waals surface area contributed by atoms with E-state index in [2.05, 4.69) is 29.5 Å². The standard InChI is InChI=1S/C13H17N3O.ClH/c1-11-13(14)17-15-16(11)10-6-5-9-12-7-3-2-4-8-12;/h2-4,7-8,14H,5-6,9-10H2,1H3;1H. The summed E-state index contributed by atoms with van der Waals surface area (Å²) in [4.78, 5) is 0. The normalized spacial score (nSPS) is 10.1. The largest absolute Gasteiger partial charge is 0.487 e. The molecule has 0 fully saturated rings. The van der Waals surface area contributed by atoms with Crippen molar-refractivity contribution in [3.63, 3.8) is 0 Å². The number of aryl methyl sites for hydroxylation is 2. The van der Waals surface area contributed by atoms with E-state index in [0.717, 1.165) is 31.5 Å². The molecule has 0 saturated heterocycles. The van der Waals surface area contributed by atoms with E-state index < -0.39 is 0 Å². The van der Waals surface area contributed by atoms with Gasteiger partial charge in [-0.1, -0.05) is 30.3 Å². The quantitative estimate of drug-likeness (QED) is 0.663. The predicted octanol–water partition coefficient (Wildman–Crippen LogP) is 1.76. The summed E-state index contributed by atoms with van der Waals surface area (Å²) < 4.78 is 6.55. The Kier molecular flexibility index (Phi) is 5.65. The monoisotopic (exact) mass is 267 g/mol. The first-order chi connectivity index (χ1) is 8.27. The number of benzene rings is 1. The van der Waals surface area contributed by atoms with Crippen LogP contribution in [-0.2, 0) is 13.0 Å². The molecule has 0 amide bonds. The Morgan fingerprint density at radius 1 is 1.22 bits per heavy atom. The van der Waals surface area contributed by atoms with E-state index in [1.165, 1.54) is 5.56 Å². The van der Waals surface area contributed by atoms with E-state index in [4.69, 9.17) is 9.93 Å². The molecule has 0 unspecified atom stereocenters. The molecule has 0 aliphatic heterocycles. The van der Waals surface area contributed by atoms with Crippen molar-refractivity contribution in [1.29, 1.82) is 5.41 Å². The van der Waals surface area contributed by atoms with Crippen LogP contribution in [0.5, 0.6) is 0 Å². The third-order valence-electron chi connectivity index (χ3n) is 2.87. The summed E-state index contributed by atoms with van der Waals surface area (Å²) >= 11 is 0. The van der Waals surface area contributed by atoms with Gasteiger partial charge in [0.15, 0.2) is 0 Å². The summed E-state index contributed by atoms with van der Waals surface area (Å²) in [7, 11) is 0. The van der Waals surface area contributed by atoms with Gasteiger partial charge in [0.1, 0.15) is 6.54 Å². The molecule has 98 valence electrons. The molecule has 0 spiro atoms. The highest BCUT2D eigenvalue weighted by molar-refractivity contribution is 5.85. The molecule has 1 N–H and O–H groups in total. The molecular weight excluding hydrogens is 250 g/mol. The molecule has 18 heavy (non-hydrogen) atoms. The van der Waals surface area contributed by atoms with E-state index in [9.17, 15) is 0 Å². The van der Waals surface area contributed by atoms with E-state index in [0.29, 0.717) is 0 Å². The van der Waals surface area contributed by atoms with Gasteiger partial charge in [0.25, 0.3) is 5.55 Å². The zero-order valence-electron chi connectivity index (χ0n) is 10.4. The molecule has 2 aromatic rings. The molecule has 1 aromatic heterocycles. The average Bonchev–Trinajstić information content (AvgIpc) is 2.67. The third kappa shape index (κ3) is 3.74. The zero-order chi connectivity index (χ0) is 12.1. The fourth-order valence-corrected chi connectivity index (χ4v) is 1.78. The van der Waals surface area contributed by atoms with Crippen molar-refractivity contribution in [1.82, 2.24) is 5.27 Å². The molecule has 0 aliphatic rings. The van der Waals surface area contributed by atoms with Crippen molar-refractivity contribution in [2.75, 3.05) is 0 Å². The topological polar surface area (TPSA) is 55.0 Å². The zero-order valence-corrected chi connectivity index (χ0v) is 11.2. The Labute approximate surface area is 113 Å². The minimum atomic E-state index is 0. The summed E-state index contributed by atoms with van der Waals surface area (Å²) in [6, 6.07) is 10.5. The molecule has 1 heterocycles. The van der Waals surface area contributed by atoms with Crippen LogP contribution in [0.1, 0.15) is 24.1 Å². The van der Waals surface area contributed by atoms with Crippen LogP contribution in [0.3, 0.4) is 0 Å². The van der Waals surface area contributed by atoms with Crippen LogP contribution in [0.25, 0.3) is 0 Å². The first-order valence-corrected chi connectivity index (χ1v) is 5.89. The molecule has 2 rings (SSSR count). The van der Waals surface area contributed by atoms with E-state index in [-0.39, 0.29) is 18.0 Å². The number of hydrogen-bond donors (Lipinski definition) is 1. The molecule has 0 radical (unpaired) electrons. The highest BCUT2D eigenvalue weighted by Gasteiger charge is 2.04. The molecule has 5 heteroatoms. The van der Waals surface area contributed by atoms with Crippen LogP contribution in [0.15, 0.2) is 34.9 Å².